The van der Waals surface area contributed by atoms with E-state index in [9.17, 15) is 57.8 Å². The highest BCUT2D eigenvalue weighted by Crippen LogP contribution is 2.24. The lowest BCUT2D eigenvalue weighted by molar-refractivity contribution is -0.145. The summed E-state index contributed by atoms with van der Waals surface area (Å²) in [5.41, 5.74) is -0.177. The Kier molecular flexibility index (Phi) is 13.2. The topological polar surface area (TPSA) is 263 Å². The highest BCUT2D eigenvalue weighted by molar-refractivity contribution is 6.15. The van der Waals surface area contributed by atoms with Gasteiger partial charge in [0, 0.05) is 67.5 Å². The maximum Gasteiger partial charge on any atom is 0.335 e. The van der Waals surface area contributed by atoms with E-state index in [2.05, 4.69) is 10.6 Å². The summed E-state index contributed by atoms with van der Waals surface area (Å²) in [6.45, 7) is -0.842. The predicted octanol–water partition coefficient (Wildman–Crippen LogP) is -1.63. The van der Waals surface area contributed by atoms with E-state index >= 15 is 0 Å². The number of carboxylic acids is 1. The lowest BCUT2D eigenvalue weighted by Gasteiger charge is -2.29. The second-order valence-electron chi connectivity index (χ2n) is 12.8. The molecule has 1 aromatic carbocycles. The molecule has 0 fully saturated rings. The summed E-state index contributed by atoms with van der Waals surface area (Å²) in [6.07, 6.45) is 8.03. The Labute approximate surface area is 323 Å². The fourth-order valence-corrected chi connectivity index (χ4v) is 6.14. The fraction of sp³-hybridized carbons (Fsp3) is 0.324. The first-order chi connectivity index (χ1) is 27.2. The number of imide groups is 4. The number of nitrogens with one attached hydrogen (secondary N) is 2. The second-order valence-corrected chi connectivity index (χ2v) is 12.8. The molecule has 0 aliphatic carbocycles. The highest BCUT2D eigenvalue weighted by atomic mass is 16.5. The van der Waals surface area contributed by atoms with Crippen LogP contribution >= 0.6 is 0 Å². The zero-order valence-corrected chi connectivity index (χ0v) is 30.1. The second kappa shape index (κ2) is 18.4. The first kappa shape index (κ1) is 40.9. The quantitative estimate of drug-likeness (QED) is 0.0934. The minimum atomic E-state index is -1.28. The molecule has 0 radical (unpaired) electrons. The number of carbonyl (C=O) groups excluding carboxylic acids is 10. The zero-order chi connectivity index (χ0) is 41.2. The van der Waals surface area contributed by atoms with E-state index in [0.29, 0.717) is 0 Å². The molecule has 0 bridgehead atoms. The lowest BCUT2D eigenvalue weighted by atomic mass is 10.1. The van der Waals surface area contributed by atoms with Crippen molar-refractivity contribution in [3.05, 3.63) is 72.4 Å². The number of benzene rings is 1. The van der Waals surface area contributed by atoms with Gasteiger partial charge in [-0.25, -0.2) is 4.79 Å². The molecule has 57 heavy (non-hydrogen) atoms. The zero-order valence-electron chi connectivity index (χ0n) is 30.1. The van der Waals surface area contributed by atoms with Crippen LogP contribution in [0.1, 0.15) is 36.0 Å². The van der Waals surface area contributed by atoms with Gasteiger partial charge in [0.15, 0.2) is 0 Å². The molecule has 4 aliphatic rings. The van der Waals surface area contributed by atoms with E-state index in [-0.39, 0.29) is 82.1 Å². The third kappa shape index (κ3) is 10.5. The maximum absolute atomic E-state index is 12.6. The van der Waals surface area contributed by atoms with Gasteiger partial charge < -0.3 is 25.2 Å². The molecule has 1 aromatic rings. The van der Waals surface area contributed by atoms with Crippen molar-refractivity contribution < 1.29 is 67.3 Å². The average Bonchev–Trinajstić information content (AvgIpc) is 3.90. The van der Waals surface area contributed by atoms with E-state index in [1.54, 1.807) is 0 Å². The van der Waals surface area contributed by atoms with Crippen LogP contribution in [-0.4, -0.2) is 141 Å². The minimum absolute atomic E-state index is 0.0296. The van der Waals surface area contributed by atoms with Crippen LogP contribution in [0.25, 0.3) is 0 Å². The fourth-order valence-electron chi connectivity index (χ4n) is 6.14. The molecule has 2 atom stereocenters. The molecule has 10 amide bonds. The Balaban J connectivity index is 1.05. The number of carboxylic acid groups (broad SMARTS) is 1. The highest BCUT2D eigenvalue weighted by Gasteiger charge is 2.37. The van der Waals surface area contributed by atoms with Crippen LogP contribution in [0.15, 0.2) is 66.8 Å². The summed E-state index contributed by atoms with van der Waals surface area (Å²) in [6, 6.07) is 1.96. The van der Waals surface area contributed by atoms with Crippen molar-refractivity contribution in [3.63, 3.8) is 0 Å². The number of carbonyl (C=O) groups is 11. The van der Waals surface area contributed by atoms with E-state index < -0.39 is 77.1 Å². The maximum atomic E-state index is 12.6. The number of ether oxygens (including phenoxy) is 2. The van der Waals surface area contributed by atoms with Gasteiger partial charge in [-0.1, -0.05) is 0 Å². The third-order valence-corrected chi connectivity index (χ3v) is 8.93. The third-order valence-electron chi connectivity index (χ3n) is 8.93. The van der Waals surface area contributed by atoms with Crippen LogP contribution in [-0.2, 0) is 47.9 Å². The van der Waals surface area contributed by atoms with E-state index in [4.69, 9.17) is 9.47 Å². The molecule has 3 N–H and O–H groups in total. The Morgan fingerprint density at radius 1 is 0.526 bits per heavy atom. The molecule has 2 unspecified atom stereocenters. The summed E-state index contributed by atoms with van der Waals surface area (Å²) in [4.78, 5) is 138. The largest absolute Gasteiger partial charge is 0.492 e. The molecule has 5 rings (SSSR count). The van der Waals surface area contributed by atoms with Crippen molar-refractivity contribution in [1.29, 1.82) is 0 Å². The van der Waals surface area contributed by atoms with E-state index in [1.807, 2.05) is 0 Å². The summed E-state index contributed by atoms with van der Waals surface area (Å²) >= 11 is 0. The van der Waals surface area contributed by atoms with Crippen molar-refractivity contribution in [1.82, 2.24) is 30.2 Å². The van der Waals surface area contributed by atoms with Crippen molar-refractivity contribution in [3.8, 4) is 11.5 Å². The molecular formula is C37H36N6O14. The molecule has 4 aliphatic heterocycles. The van der Waals surface area contributed by atoms with Crippen molar-refractivity contribution in [2.24, 2.45) is 0 Å². The number of amides is 10. The van der Waals surface area contributed by atoms with E-state index in [0.717, 1.165) is 68.2 Å². The van der Waals surface area contributed by atoms with Crippen LogP contribution in [0.4, 0.5) is 0 Å². The number of hydrogen-bond acceptors (Lipinski definition) is 13. The number of nitrogens with zero attached hydrogens (tertiary/aromatic N) is 4. The molecule has 298 valence electrons. The Bertz CT molecular complexity index is 1830. The number of hydrogen-bond donors (Lipinski definition) is 3. The van der Waals surface area contributed by atoms with Gasteiger partial charge in [-0.2, -0.15) is 0 Å². The smallest absolute Gasteiger partial charge is 0.335 e. The number of rotatable bonds is 21. The molecule has 0 spiro atoms. The first-order valence-corrected chi connectivity index (χ1v) is 17.6. The Hall–Kier alpha value is -7.25. The predicted molar refractivity (Wildman–Crippen MR) is 190 cm³/mol. The average molecular weight is 789 g/mol. The van der Waals surface area contributed by atoms with Crippen LogP contribution in [0, 0.1) is 0 Å². The van der Waals surface area contributed by atoms with Gasteiger partial charge in [0.1, 0.15) is 24.7 Å². The Morgan fingerprint density at radius 3 is 1.19 bits per heavy atom. The van der Waals surface area contributed by atoms with Gasteiger partial charge in [-0.05, 0) is 25.0 Å². The normalized spacial score (nSPS) is 17.1. The summed E-state index contributed by atoms with van der Waals surface area (Å²) in [5, 5.41) is 14.8. The molecule has 0 aromatic heterocycles. The van der Waals surface area contributed by atoms with Gasteiger partial charge in [0.05, 0.1) is 43.8 Å². The van der Waals surface area contributed by atoms with Gasteiger partial charge in [-0.15, -0.1) is 0 Å². The first-order valence-electron chi connectivity index (χ1n) is 17.6. The minimum Gasteiger partial charge on any atom is -0.492 e. The Morgan fingerprint density at radius 2 is 0.860 bits per heavy atom. The van der Waals surface area contributed by atoms with E-state index in [1.165, 1.54) is 18.2 Å². The van der Waals surface area contributed by atoms with Crippen LogP contribution in [0.2, 0.25) is 0 Å². The molecule has 20 heteroatoms. The lowest BCUT2D eigenvalue weighted by Crippen LogP contribution is -2.49. The molecule has 0 saturated heterocycles. The molecule has 20 nitrogen and oxygen atoms in total. The molecule has 4 heterocycles. The van der Waals surface area contributed by atoms with Gasteiger partial charge in [0.25, 0.3) is 47.3 Å². The van der Waals surface area contributed by atoms with Gasteiger partial charge >= 0.3 is 5.97 Å². The SMILES string of the molecule is O=C(CCC(CN1C(=O)C=CC1=O)N1C(=O)C=CC1=O)NCCOc1cc(OCCNC(=O)CCC(CN2C(=O)C=CC2=O)N2C(=O)C=CC2=O)cc(C(=O)O)c1. The van der Waals surface area contributed by atoms with Crippen molar-refractivity contribution >= 4 is 65.0 Å². The van der Waals surface area contributed by atoms with Crippen molar-refractivity contribution in [2.45, 2.75) is 37.8 Å². The van der Waals surface area contributed by atoms with Gasteiger partial charge in [0.2, 0.25) is 11.8 Å². The summed E-state index contributed by atoms with van der Waals surface area (Å²) in [5.74, 6) is -7.05. The van der Waals surface area contributed by atoms with Crippen LogP contribution in [0.3, 0.4) is 0 Å². The monoisotopic (exact) mass is 788 g/mol. The van der Waals surface area contributed by atoms with Crippen LogP contribution in [0.5, 0.6) is 11.5 Å². The van der Waals surface area contributed by atoms with Crippen molar-refractivity contribution in [2.75, 3.05) is 39.4 Å². The summed E-state index contributed by atoms with van der Waals surface area (Å²) < 4.78 is 11.2. The summed E-state index contributed by atoms with van der Waals surface area (Å²) in [7, 11) is 0. The van der Waals surface area contributed by atoms with Crippen LogP contribution < -0.4 is 20.1 Å². The molecule has 0 saturated carbocycles. The number of aromatic carboxylic acids is 1. The standard InChI is InChI=1S/C37H36N6O14/c44-27(3-1-23(42-33(50)9-10-34(42)51)20-40-29(46)5-6-30(40)47)38-13-15-56-25-17-22(37(54)55)18-26(19-25)57-16-14-39-28(45)4-2-24(43-35(52)11-12-36(43)53)21-41-31(48)7-8-32(41)49/h5-12,17-19,23-24H,1-4,13-16,20-21H2,(H,38,44)(H,39,45)(H,54,55). The molecular weight excluding hydrogens is 752 g/mol. The van der Waals surface area contributed by atoms with Gasteiger partial charge in [-0.3, -0.25) is 67.5 Å².